The van der Waals surface area contributed by atoms with Crippen molar-refractivity contribution in [3.8, 4) is 0 Å². The quantitative estimate of drug-likeness (QED) is 0.805. The molecule has 0 unspecified atom stereocenters. The monoisotopic (exact) mass is 230 g/mol. The number of rotatable bonds is 1. The van der Waals surface area contributed by atoms with E-state index in [9.17, 15) is 13.2 Å². The molecular weight excluding hydrogens is 217 g/mol. The number of aromatic nitrogens is 1. The Labute approximate surface area is 91.7 Å². The van der Waals surface area contributed by atoms with E-state index >= 15 is 0 Å². The van der Waals surface area contributed by atoms with Gasteiger partial charge in [0.1, 0.15) is 0 Å². The molecule has 2 nitrogen and oxygen atoms in total. The molecule has 1 saturated carbocycles. The maximum Gasteiger partial charge on any atom is 0.418 e. The van der Waals surface area contributed by atoms with Gasteiger partial charge in [-0.25, -0.2) is 0 Å². The molecule has 2 N–H and O–H groups in total. The van der Waals surface area contributed by atoms with Crippen molar-refractivity contribution in [2.24, 2.45) is 11.1 Å². The van der Waals surface area contributed by atoms with Crippen LogP contribution >= 0.6 is 0 Å². The zero-order valence-electron chi connectivity index (χ0n) is 9.05. The van der Waals surface area contributed by atoms with Crippen LogP contribution in [0.15, 0.2) is 18.3 Å². The summed E-state index contributed by atoms with van der Waals surface area (Å²) in [5.41, 5.74) is 4.89. The van der Waals surface area contributed by atoms with Gasteiger partial charge in [0.15, 0.2) is 0 Å². The third kappa shape index (κ3) is 1.59. The van der Waals surface area contributed by atoms with Crippen molar-refractivity contribution in [3.05, 3.63) is 29.6 Å². The molecule has 1 aromatic heterocycles. The van der Waals surface area contributed by atoms with Crippen molar-refractivity contribution < 1.29 is 13.2 Å². The first kappa shape index (κ1) is 11.4. The van der Waals surface area contributed by atoms with Crippen LogP contribution in [0.2, 0.25) is 0 Å². The van der Waals surface area contributed by atoms with Crippen LogP contribution in [-0.4, -0.2) is 11.0 Å². The van der Waals surface area contributed by atoms with Gasteiger partial charge in [0.05, 0.1) is 11.3 Å². The molecule has 1 aromatic rings. The molecule has 2 atom stereocenters. The van der Waals surface area contributed by atoms with Crippen LogP contribution in [0.5, 0.6) is 0 Å². The average molecular weight is 230 g/mol. The summed E-state index contributed by atoms with van der Waals surface area (Å²) in [4.78, 5) is 3.85. The SMILES string of the molecule is CC1(C)[C@H](N)[C@H]1c1ncccc1C(F)(F)F. The maximum absolute atomic E-state index is 12.7. The van der Waals surface area contributed by atoms with Crippen molar-refractivity contribution in [2.45, 2.75) is 32.0 Å². The van der Waals surface area contributed by atoms with Crippen molar-refractivity contribution in [2.75, 3.05) is 0 Å². The lowest BCUT2D eigenvalue weighted by Gasteiger charge is -2.12. The smallest absolute Gasteiger partial charge is 0.327 e. The molecule has 0 radical (unpaired) electrons. The molecule has 1 fully saturated rings. The molecule has 0 bridgehead atoms. The first-order valence-corrected chi connectivity index (χ1v) is 5.04. The standard InChI is InChI=1S/C11H13F3N2/c1-10(2)7(9(10)15)8-6(11(12,13)14)4-3-5-16-8/h3-5,7,9H,15H2,1-2H3/t7-,9-/m1/s1. The Kier molecular flexibility index (Phi) is 2.28. The highest BCUT2D eigenvalue weighted by molar-refractivity contribution is 5.36. The van der Waals surface area contributed by atoms with Crippen LogP contribution in [-0.2, 0) is 6.18 Å². The Morgan fingerprint density at radius 2 is 1.94 bits per heavy atom. The number of hydrogen-bond acceptors (Lipinski definition) is 2. The molecule has 0 aliphatic heterocycles. The van der Waals surface area contributed by atoms with Gasteiger partial charge in [-0.15, -0.1) is 0 Å². The number of alkyl halides is 3. The molecule has 1 aliphatic rings. The van der Waals surface area contributed by atoms with Gasteiger partial charge in [0, 0.05) is 18.2 Å². The van der Waals surface area contributed by atoms with Crippen LogP contribution in [0, 0.1) is 5.41 Å². The second kappa shape index (κ2) is 3.20. The molecule has 1 heterocycles. The average Bonchev–Trinajstić information content (AvgIpc) is 2.65. The summed E-state index contributed by atoms with van der Waals surface area (Å²) >= 11 is 0. The molecule has 0 amide bonds. The molecule has 0 aromatic carbocycles. The first-order chi connectivity index (χ1) is 7.26. The Balaban J connectivity index is 2.44. The van der Waals surface area contributed by atoms with Crippen LogP contribution in [0.25, 0.3) is 0 Å². The summed E-state index contributed by atoms with van der Waals surface area (Å²) in [6.07, 6.45) is -2.98. The molecule has 16 heavy (non-hydrogen) atoms. The second-order valence-electron chi connectivity index (χ2n) is 4.76. The number of hydrogen-bond donors (Lipinski definition) is 1. The van der Waals surface area contributed by atoms with E-state index < -0.39 is 11.7 Å². The molecular formula is C11H13F3N2. The lowest BCUT2D eigenvalue weighted by molar-refractivity contribution is -0.138. The van der Waals surface area contributed by atoms with Gasteiger partial charge >= 0.3 is 6.18 Å². The van der Waals surface area contributed by atoms with Crippen LogP contribution in [0.1, 0.15) is 31.0 Å². The number of pyridine rings is 1. The van der Waals surface area contributed by atoms with Gasteiger partial charge in [0.2, 0.25) is 0 Å². The minimum Gasteiger partial charge on any atom is -0.327 e. The van der Waals surface area contributed by atoms with E-state index in [0.29, 0.717) is 0 Å². The van der Waals surface area contributed by atoms with E-state index in [2.05, 4.69) is 4.98 Å². The zero-order valence-corrected chi connectivity index (χ0v) is 9.05. The maximum atomic E-state index is 12.7. The van der Waals surface area contributed by atoms with Gasteiger partial charge in [-0.3, -0.25) is 4.98 Å². The molecule has 2 rings (SSSR count). The van der Waals surface area contributed by atoms with E-state index in [1.54, 1.807) is 0 Å². The van der Waals surface area contributed by atoms with Crippen molar-refractivity contribution in [1.29, 1.82) is 0 Å². The van der Waals surface area contributed by atoms with E-state index in [0.717, 1.165) is 6.07 Å². The van der Waals surface area contributed by atoms with Crippen molar-refractivity contribution in [1.82, 2.24) is 4.98 Å². The fourth-order valence-corrected chi connectivity index (χ4v) is 2.11. The third-order valence-corrected chi connectivity index (χ3v) is 3.35. The second-order valence-corrected chi connectivity index (χ2v) is 4.76. The van der Waals surface area contributed by atoms with Crippen LogP contribution in [0.4, 0.5) is 13.2 Å². The fourth-order valence-electron chi connectivity index (χ4n) is 2.11. The topological polar surface area (TPSA) is 38.9 Å². The van der Waals surface area contributed by atoms with Gasteiger partial charge in [-0.05, 0) is 17.5 Å². The summed E-state index contributed by atoms with van der Waals surface area (Å²) in [6, 6.07) is 2.11. The number of nitrogens with two attached hydrogens (primary N) is 1. The summed E-state index contributed by atoms with van der Waals surface area (Å²) in [5, 5.41) is 0. The number of nitrogens with zero attached hydrogens (tertiary/aromatic N) is 1. The predicted molar refractivity (Wildman–Crippen MR) is 53.7 cm³/mol. The molecule has 1 aliphatic carbocycles. The molecule has 0 saturated heterocycles. The van der Waals surface area contributed by atoms with Gasteiger partial charge in [0.25, 0.3) is 0 Å². The summed E-state index contributed by atoms with van der Waals surface area (Å²) in [5.74, 6) is -0.301. The minimum atomic E-state index is -4.36. The highest BCUT2D eigenvalue weighted by Gasteiger charge is 2.59. The number of halogens is 3. The largest absolute Gasteiger partial charge is 0.418 e. The molecule has 5 heteroatoms. The van der Waals surface area contributed by atoms with Crippen LogP contribution in [0.3, 0.4) is 0 Å². The minimum absolute atomic E-state index is 0.0764. The van der Waals surface area contributed by atoms with E-state index in [1.165, 1.54) is 12.3 Å². The molecule has 0 spiro atoms. The Morgan fingerprint density at radius 1 is 1.38 bits per heavy atom. The Bertz CT molecular complexity index is 412. The summed E-state index contributed by atoms with van der Waals surface area (Å²) in [6.45, 7) is 3.72. The summed E-state index contributed by atoms with van der Waals surface area (Å²) < 4.78 is 38.2. The zero-order chi connectivity index (χ0) is 12.1. The van der Waals surface area contributed by atoms with E-state index in [1.807, 2.05) is 13.8 Å². The van der Waals surface area contributed by atoms with Gasteiger partial charge in [-0.1, -0.05) is 13.8 Å². The first-order valence-electron chi connectivity index (χ1n) is 5.04. The van der Waals surface area contributed by atoms with Crippen LogP contribution < -0.4 is 5.73 Å². The van der Waals surface area contributed by atoms with Gasteiger partial charge < -0.3 is 5.73 Å². The Hall–Kier alpha value is -1.10. The molecule has 88 valence electrons. The van der Waals surface area contributed by atoms with E-state index in [-0.39, 0.29) is 23.1 Å². The highest BCUT2D eigenvalue weighted by Crippen LogP contribution is 2.58. The van der Waals surface area contributed by atoms with Gasteiger partial charge in [-0.2, -0.15) is 13.2 Å². The third-order valence-electron chi connectivity index (χ3n) is 3.35. The van der Waals surface area contributed by atoms with Crippen molar-refractivity contribution >= 4 is 0 Å². The van der Waals surface area contributed by atoms with E-state index in [4.69, 9.17) is 5.73 Å². The summed E-state index contributed by atoms with van der Waals surface area (Å²) in [7, 11) is 0. The fraction of sp³-hybridized carbons (Fsp3) is 0.545. The lowest BCUT2D eigenvalue weighted by atomic mass is 10.0. The highest BCUT2D eigenvalue weighted by atomic mass is 19.4. The normalized spacial score (nSPS) is 27.9. The lowest BCUT2D eigenvalue weighted by Crippen LogP contribution is -2.12. The Morgan fingerprint density at radius 3 is 2.38 bits per heavy atom. The van der Waals surface area contributed by atoms with Crippen molar-refractivity contribution in [3.63, 3.8) is 0 Å². The predicted octanol–water partition coefficient (Wildman–Crippen LogP) is 2.55.